The molecule has 1 fully saturated rings. The van der Waals surface area contributed by atoms with Gasteiger partial charge in [-0.2, -0.15) is 0 Å². The molecular weight excluding hydrogens is 260 g/mol. The number of allylic oxidation sites excluding steroid dienone is 1. The van der Waals surface area contributed by atoms with E-state index in [9.17, 15) is 19.8 Å². The normalized spacial score (nSPS) is 36.8. The molecule has 5 nitrogen and oxygen atoms in total. The van der Waals surface area contributed by atoms with Crippen LogP contribution in [0, 0.1) is 11.8 Å². The number of carbonyl (C=O) groups is 2. The first-order chi connectivity index (χ1) is 9.27. The van der Waals surface area contributed by atoms with Crippen LogP contribution in [0.25, 0.3) is 0 Å². The predicted octanol–water partition coefficient (Wildman–Crippen LogP) is 0.975. The van der Waals surface area contributed by atoms with Crippen LogP contribution >= 0.6 is 0 Å². The van der Waals surface area contributed by atoms with E-state index >= 15 is 0 Å². The molecule has 2 aliphatic rings. The number of ether oxygens (including phenoxy) is 1. The molecule has 0 aromatic carbocycles. The summed E-state index contributed by atoms with van der Waals surface area (Å²) in [7, 11) is 0. The van der Waals surface area contributed by atoms with E-state index in [1.54, 1.807) is 6.92 Å². The molecule has 2 N–H and O–H groups in total. The van der Waals surface area contributed by atoms with Crippen molar-refractivity contribution in [2.45, 2.75) is 57.8 Å². The number of carbonyl (C=O) groups excluding carboxylic acids is 2. The fraction of sp³-hybridized carbons (Fsp3) is 0.733. The van der Waals surface area contributed by atoms with Crippen molar-refractivity contribution in [2.75, 3.05) is 0 Å². The molecule has 20 heavy (non-hydrogen) atoms. The quantitative estimate of drug-likeness (QED) is 0.751. The van der Waals surface area contributed by atoms with Crippen molar-refractivity contribution < 1.29 is 24.5 Å². The van der Waals surface area contributed by atoms with E-state index in [0.717, 1.165) is 0 Å². The van der Waals surface area contributed by atoms with E-state index in [1.807, 2.05) is 13.8 Å². The third-order valence-electron chi connectivity index (χ3n) is 4.20. The maximum absolute atomic E-state index is 12.2. The van der Waals surface area contributed by atoms with Gasteiger partial charge in [-0.25, -0.2) is 0 Å². The minimum atomic E-state index is -1.24. The van der Waals surface area contributed by atoms with Gasteiger partial charge < -0.3 is 14.9 Å². The molecule has 5 heteroatoms. The fourth-order valence-electron chi connectivity index (χ4n) is 3.02. The highest BCUT2D eigenvalue weighted by molar-refractivity contribution is 5.99. The van der Waals surface area contributed by atoms with Gasteiger partial charge in [-0.3, -0.25) is 9.59 Å². The van der Waals surface area contributed by atoms with Crippen molar-refractivity contribution >= 4 is 12.1 Å². The SMILES string of the molecule is CC(C)CC(=O)C1=C(C=O)[C@@H]2CC[C@@](C)(O)[C@@H](O)[C@@H]2O1. The third kappa shape index (κ3) is 2.52. The minimum Gasteiger partial charge on any atom is -0.483 e. The van der Waals surface area contributed by atoms with Gasteiger partial charge in [0.15, 0.2) is 11.5 Å². The Labute approximate surface area is 118 Å². The Balaban J connectivity index is 2.26. The standard InChI is InChI=1S/C15H22O5/c1-8(2)6-11(17)12-10(7-16)9-4-5-15(3,19)14(18)13(9)20-12/h7-9,13-14,18-19H,4-6H2,1-3H3/t9-,13+,14-,15+/m0/s1. The Hall–Kier alpha value is -1.20. The van der Waals surface area contributed by atoms with Crippen molar-refractivity contribution in [3.8, 4) is 0 Å². The lowest BCUT2D eigenvalue weighted by Crippen LogP contribution is -2.53. The number of aldehydes is 1. The summed E-state index contributed by atoms with van der Waals surface area (Å²) in [5, 5.41) is 20.3. The number of aliphatic hydroxyl groups is 2. The lowest BCUT2D eigenvalue weighted by atomic mass is 9.74. The molecule has 0 spiro atoms. The highest BCUT2D eigenvalue weighted by atomic mass is 16.5. The van der Waals surface area contributed by atoms with Crippen LogP contribution in [0.1, 0.15) is 40.0 Å². The molecule has 112 valence electrons. The van der Waals surface area contributed by atoms with Gasteiger partial charge in [-0.05, 0) is 25.7 Å². The molecule has 1 heterocycles. The monoisotopic (exact) mass is 282 g/mol. The van der Waals surface area contributed by atoms with E-state index in [4.69, 9.17) is 4.74 Å². The van der Waals surface area contributed by atoms with E-state index < -0.39 is 17.8 Å². The summed E-state index contributed by atoms with van der Waals surface area (Å²) in [6.07, 6.45) is 0.0672. The summed E-state index contributed by atoms with van der Waals surface area (Å²) in [6.45, 7) is 5.38. The van der Waals surface area contributed by atoms with Crippen LogP contribution in [0.4, 0.5) is 0 Å². The van der Waals surface area contributed by atoms with Crippen LogP contribution in [0.2, 0.25) is 0 Å². The third-order valence-corrected chi connectivity index (χ3v) is 4.20. The van der Waals surface area contributed by atoms with E-state index in [2.05, 4.69) is 0 Å². The number of fused-ring (bicyclic) bond motifs is 1. The Morgan fingerprint density at radius 1 is 1.55 bits per heavy atom. The molecule has 0 saturated heterocycles. The van der Waals surface area contributed by atoms with Crippen LogP contribution in [-0.4, -0.2) is 40.1 Å². The van der Waals surface area contributed by atoms with Crippen molar-refractivity contribution in [1.82, 2.24) is 0 Å². The number of hydrogen-bond donors (Lipinski definition) is 2. The minimum absolute atomic E-state index is 0.0838. The zero-order valence-corrected chi connectivity index (χ0v) is 12.1. The fourth-order valence-corrected chi connectivity index (χ4v) is 3.02. The van der Waals surface area contributed by atoms with Gasteiger partial charge in [0.1, 0.15) is 18.5 Å². The Kier molecular flexibility index (Phi) is 4.02. The molecule has 1 aliphatic heterocycles. The maximum atomic E-state index is 12.2. The predicted molar refractivity (Wildman–Crippen MR) is 71.8 cm³/mol. The molecule has 0 aromatic heterocycles. The second-order valence-corrected chi connectivity index (χ2v) is 6.45. The lowest BCUT2D eigenvalue weighted by Gasteiger charge is -2.40. The molecule has 2 rings (SSSR count). The smallest absolute Gasteiger partial charge is 0.198 e. The second-order valence-electron chi connectivity index (χ2n) is 6.45. The summed E-state index contributed by atoms with van der Waals surface area (Å²) < 4.78 is 5.57. The molecule has 4 atom stereocenters. The molecule has 0 aromatic rings. The van der Waals surface area contributed by atoms with Gasteiger partial charge in [0, 0.05) is 17.9 Å². The average molecular weight is 282 g/mol. The Bertz CT molecular complexity index is 449. The summed E-state index contributed by atoms with van der Waals surface area (Å²) in [5.41, 5.74) is -0.902. The lowest BCUT2D eigenvalue weighted by molar-refractivity contribution is -0.155. The maximum Gasteiger partial charge on any atom is 0.198 e. The van der Waals surface area contributed by atoms with Gasteiger partial charge in [0.05, 0.1) is 5.60 Å². The Morgan fingerprint density at radius 3 is 2.75 bits per heavy atom. The first kappa shape index (κ1) is 15.2. The van der Waals surface area contributed by atoms with Gasteiger partial charge in [-0.1, -0.05) is 13.8 Å². The first-order valence-electron chi connectivity index (χ1n) is 7.07. The summed E-state index contributed by atoms with van der Waals surface area (Å²) in [5.74, 6) is -0.250. The number of aliphatic hydroxyl groups excluding tert-OH is 1. The van der Waals surface area contributed by atoms with Crippen molar-refractivity contribution in [1.29, 1.82) is 0 Å². The highest BCUT2D eigenvalue weighted by Gasteiger charge is 2.52. The molecule has 0 bridgehead atoms. The summed E-state index contributed by atoms with van der Waals surface area (Å²) in [6, 6.07) is 0. The number of ketones is 1. The van der Waals surface area contributed by atoms with Gasteiger partial charge in [-0.15, -0.1) is 0 Å². The Morgan fingerprint density at radius 2 is 2.20 bits per heavy atom. The molecule has 1 aliphatic carbocycles. The van der Waals surface area contributed by atoms with Crippen molar-refractivity contribution in [3.05, 3.63) is 11.3 Å². The molecular formula is C15H22O5. The number of rotatable bonds is 4. The highest BCUT2D eigenvalue weighted by Crippen LogP contribution is 2.43. The summed E-state index contributed by atoms with van der Waals surface area (Å²) in [4.78, 5) is 23.4. The van der Waals surface area contributed by atoms with Gasteiger partial charge in [0.25, 0.3) is 0 Å². The second kappa shape index (κ2) is 5.30. The van der Waals surface area contributed by atoms with E-state index in [1.165, 1.54) is 0 Å². The molecule has 0 amide bonds. The zero-order valence-electron chi connectivity index (χ0n) is 12.1. The average Bonchev–Trinajstić information content (AvgIpc) is 2.72. The number of Topliss-reactive ketones (excluding diaryl/α,β-unsaturated/α-hetero) is 1. The zero-order chi connectivity index (χ0) is 15.1. The van der Waals surface area contributed by atoms with Crippen molar-refractivity contribution in [2.24, 2.45) is 11.8 Å². The molecule has 1 saturated carbocycles. The van der Waals surface area contributed by atoms with Crippen LogP contribution in [0.5, 0.6) is 0 Å². The molecule has 0 unspecified atom stereocenters. The topological polar surface area (TPSA) is 83.8 Å². The van der Waals surface area contributed by atoms with Crippen LogP contribution in [0.3, 0.4) is 0 Å². The van der Waals surface area contributed by atoms with E-state index in [-0.39, 0.29) is 23.4 Å². The van der Waals surface area contributed by atoms with Crippen molar-refractivity contribution in [3.63, 3.8) is 0 Å². The van der Waals surface area contributed by atoms with Crippen LogP contribution in [0.15, 0.2) is 11.3 Å². The van der Waals surface area contributed by atoms with Gasteiger partial charge in [0.2, 0.25) is 0 Å². The van der Waals surface area contributed by atoms with E-state index in [0.29, 0.717) is 31.1 Å². The first-order valence-corrected chi connectivity index (χ1v) is 7.07. The van der Waals surface area contributed by atoms with Crippen LogP contribution in [-0.2, 0) is 14.3 Å². The summed E-state index contributed by atoms with van der Waals surface area (Å²) >= 11 is 0. The number of hydrogen-bond acceptors (Lipinski definition) is 5. The van der Waals surface area contributed by atoms with Gasteiger partial charge >= 0.3 is 0 Å². The van der Waals surface area contributed by atoms with Crippen LogP contribution < -0.4 is 0 Å². The molecule has 0 radical (unpaired) electrons. The largest absolute Gasteiger partial charge is 0.483 e.